The van der Waals surface area contributed by atoms with E-state index in [-0.39, 0.29) is 13.0 Å². The molecular formula is C12H17N2O4+. The number of primary amides is 1. The van der Waals surface area contributed by atoms with E-state index < -0.39 is 29.6 Å². The van der Waals surface area contributed by atoms with Gasteiger partial charge in [-0.2, -0.15) is 4.57 Å². The van der Waals surface area contributed by atoms with Gasteiger partial charge in [0.15, 0.2) is 18.5 Å². The summed E-state index contributed by atoms with van der Waals surface area (Å²) in [6, 6.07) is 5.18. The zero-order valence-electron chi connectivity index (χ0n) is 9.81. The fourth-order valence-electron chi connectivity index (χ4n) is 2.65. The van der Waals surface area contributed by atoms with Gasteiger partial charge in [0.05, 0.1) is 6.10 Å². The van der Waals surface area contributed by atoms with Crippen molar-refractivity contribution in [2.45, 2.75) is 24.2 Å². The van der Waals surface area contributed by atoms with Crippen LogP contribution in [-0.4, -0.2) is 40.0 Å². The number of aliphatic hydroxyl groups is 3. The molecule has 1 fully saturated rings. The Labute approximate surface area is 104 Å². The lowest BCUT2D eigenvalue weighted by molar-refractivity contribution is -0.755. The first-order chi connectivity index (χ1) is 8.54. The van der Waals surface area contributed by atoms with E-state index in [2.05, 4.69) is 0 Å². The number of hydrogen-bond acceptors (Lipinski definition) is 4. The first-order valence-electron chi connectivity index (χ1n) is 5.77. The number of rotatable bonds is 3. The van der Waals surface area contributed by atoms with Gasteiger partial charge in [-0.15, -0.1) is 0 Å². The quantitative estimate of drug-likeness (QED) is 0.462. The van der Waals surface area contributed by atoms with Crippen LogP contribution in [0.25, 0.3) is 0 Å². The second-order valence-corrected chi connectivity index (χ2v) is 4.65. The maximum absolute atomic E-state index is 11.8. The minimum absolute atomic E-state index is 0.107. The van der Waals surface area contributed by atoms with Gasteiger partial charge in [-0.3, -0.25) is 4.79 Å². The van der Waals surface area contributed by atoms with Crippen LogP contribution in [0.15, 0.2) is 30.6 Å². The third-order valence-corrected chi connectivity index (χ3v) is 3.71. The normalized spacial score (nSPS) is 35.6. The molecule has 98 valence electrons. The highest BCUT2D eigenvalue weighted by atomic mass is 16.3. The number of hydrogen-bond donors (Lipinski definition) is 4. The Hall–Kier alpha value is -1.50. The minimum atomic E-state index is -1.41. The van der Waals surface area contributed by atoms with Crippen LogP contribution in [0.2, 0.25) is 0 Å². The molecule has 1 heterocycles. The lowest BCUT2D eigenvalue weighted by atomic mass is 9.92. The molecule has 1 saturated carbocycles. The Morgan fingerprint density at radius 2 is 1.94 bits per heavy atom. The van der Waals surface area contributed by atoms with Gasteiger partial charge < -0.3 is 21.1 Å². The van der Waals surface area contributed by atoms with Crippen LogP contribution in [0.4, 0.5) is 0 Å². The first-order valence-corrected chi connectivity index (χ1v) is 5.77. The largest absolute Gasteiger partial charge is 0.396 e. The Morgan fingerprint density at radius 1 is 1.33 bits per heavy atom. The van der Waals surface area contributed by atoms with Crippen LogP contribution in [0.3, 0.4) is 0 Å². The number of carbonyl (C=O) groups excluding carboxylic acids is 1. The van der Waals surface area contributed by atoms with E-state index in [9.17, 15) is 20.1 Å². The van der Waals surface area contributed by atoms with E-state index in [0.717, 1.165) is 0 Å². The predicted molar refractivity (Wildman–Crippen MR) is 61.0 cm³/mol. The maximum atomic E-state index is 11.8. The molecule has 2 rings (SSSR count). The summed E-state index contributed by atoms with van der Waals surface area (Å²) in [6.45, 7) is -0.305. The number of carbonyl (C=O) groups is 1. The van der Waals surface area contributed by atoms with Crippen molar-refractivity contribution in [2.24, 2.45) is 11.7 Å². The zero-order chi connectivity index (χ0) is 13.3. The first kappa shape index (κ1) is 12.9. The van der Waals surface area contributed by atoms with Gasteiger partial charge in [0, 0.05) is 31.1 Å². The zero-order valence-corrected chi connectivity index (χ0v) is 9.81. The van der Waals surface area contributed by atoms with Gasteiger partial charge in [-0.25, -0.2) is 0 Å². The number of nitrogens with zero attached hydrogens (tertiary/aromatic N) is 1. The van der Waals surface area contributed by atoms with Crippen molar-refractivity contribution >= 4 is 5.91 Å². The SMILES string of the molecule is NC(=O)C1([n+]2ccccc2)CC(CO)C(O)C1O. The smallest absolute Gasteiger partial charge is 0.292 e. The molecule has 6 heteroatoms. The van der Waals surface area contributed by atoms with E-state index in [0.29, 0.717) is 0 Å². The number of amides is 1. The number of pyridine rings is 1. The molecular weight excluding hydrogens is 236 g/mol. The molecule has 1 aromatic heterocycles. The Balaban J connectivity index is 2.50. The van der Waals surface area contributed by atoms with Crippen LogP contribution in [0.1, 0.15) is 6.42 Å². The summed E-state index contributed by atoms with van der Waals surface area (Å²) >= 11 is 0. The summed E-state index contributed by atoms with van der Waals surface area (Å²) < 4.78 is 1.50. The molecule has 0 radical (unpaired) electrons. The van der Waals surface area contributed by atoms with Gasteiger partial charge in [0.1, 0.15) is 0 Å². The van der Waals surface area contributed by atoms with Crippen LogP contribution >= 0.6 is 0 Å². The fraction of sp³-hybridized carbons (Fsp3) is 0.500. The summed E-state index contributed by atoms with van der Waals surface area (Å²) in [5.41, 5.74) is 4.01. The Kier molecular flexibility index (Phi) is 3.34. The van der Waals surface area contributed by atoms with Crippen LogP contribution in [0, 0.1) is 5.92 Å². The summed E-state index contributed by atoms with van der Waals surface area (Å²) in [4.78, 5) is 11.8. The summed E-state index contributed by atoms with van der Waals surface area (Å²) in [6.07, 6.45) is 0.825. The van der Waals surface area contributed by atoms with Gasteiger partial charge in [0.2, 0.25) is 0 Å². The third-order valence-electron chi connectivity index (χ3n) is 3.71. The van der Waals surface area contributed by atoms with Crippen molar-refractivity contribution in [2.75, 3.05) is 6.61 Å². The highest BCUT2D eigenvalue weighted by Crippen LogP contribution is 2.37. The molecule has 0 aliphatic heterocycles. The van der Waals surface area contributed by atoms with Crippen molar-refractivity contribution in [3.8, 4) is 0 Å². The summed E-state index contributed by atoms with van der Waals surface area (Å²) in [5, 5.41) is 29.2. The van der Waals surface area contributed by atoms with E-state index in [1.54, 1.807) is 30.6 Å². The number of nitrogens with two attached hydrogens (primary N) is 1. The second kappa shape index (κ2) is 4.64. The molecule has 5 N–H and O–H groups in total. The predicted octanol–water partition coefficient (Wildman–Crippen LogP) is -2.11. The Morgan fingerprint density at radius 3 is 2.39 bits per heavy atom. The molecule has 0 saturated heterocycles. The summed E-state index contributed by atoms with van der Waals surface area (Å²) in [5.74, 6) is -1.29. The lowest BCUT2D eigenvalue weighted by Crippen LogP contribution is -2.68. The van der Waals surface area contributed by atoms with Crippen molar-refractivity contribution in [1.29, 1.82) is 0 Å². The van der Waals surface area contributed by atoms with Crippen molar-refractivity contribution in [3.63, 3.8) is 0 Å². The van der Waals surface area contributed by atoms with Crippen molar-refractivity contribution in [3.05, 3.63) is 30.6 Å². The molecule has 1 aliphatic carbocycles. The highest BCUT2D eigenvalue weighted by Gasteiger charge is 2.63. The minimum Gasteiger partial charge on any atom is -0.396 e. The monoisotopic (exact) mass is 253 g/mol. The van der Waals surface area contributed by atoms with Crippen molar-refractivity contribution < 1.29 is 24.7 Å². The average molecular weight is 253 g/mol. The van der Waals surface area contributed by atoms with Crippen LogP contribution in [0.5, 0.6) is 0 Å². The third kappa shape index (κ3) is 1.69. The maximum Gasteiger partial charge on any atom is 0.292 e. The second-order valence-electron chi connectivity index (χ2n) is 4.65. The molecule has 1 aliphatic rings. The molecule has 18 heavy (non-hydrogen) atoms. The molecule has 0 spiro atoms. The van der Waals surface area contributed by atoms with Gasteiger partial charge in [-0.05, 0) is 0 Å². The van der Waals surface area contributed by atoms with Crippen molar-refractivity contribution in [1.82, 2.24) is 0 Å². The number of aliphatic hydroxyl groups excluding tert-OH is 3. The van der Waals surface area contributed by atoms with Gasteiger partial charge in [0.25, 0.3) is 11.4 Å². The fourth-order valence-corrected chi connectivity index (χ4v) is 2.65. The number of aromatic nitrogens is 1. The lowest BCUT2D eigenvalue weighted by Gasteiger charge is -2.24. The van der Waals surface area contributed by atoms with E-state index >= 15 is 0 Å². The van der Waals surface area contributed by atoms with E-state index in [4.69, 9.17) is 5.73 Å². The van der Waals surface area contributed by atoms with E-state index in [1.165, 1.54) is 4.57 Å². The average Bonchev–Trinajstić information content (AvgIpc) is 2.65. The molecule has 6 nitrogen and oxygen atoms in total. The van der Waals surface area contributed by atoms with Crippen LogP contribution < -0.4 is 10.3 Å². The van der Waals surface area contributed by atoms with E-state index in [1.807, 2.05) is 0 Å². The standard InChI is InChI=1S/C12H16N2O4/c13-11(18)12(14-4-2-1-3-5-14)6-8(7-15)9(16)10(12)17/h1-5,8-10,15-17H,6-7H2,(H-,13,18)/p+1. The molecule has 1 amide bonds. The highest BCUT2D eigenvalue weighted by molar-refractivity contribution is 5.82. The van der Waals surface area contributed by atoms with Gasteiger partial charge in [-0.1, -0.05) is 6.07 Å². The van der Waals surface area contributed by atoms with Crippen LogP contribution in [-0.2, 0) is 10.3 Å². The van der Waals surface area contributed by atoms with Gasteiger partial charge >= 0.3 is 0 Å². The molecule has 0 bridgehead atoms. The molecule has 4 unspecified atom stereocenters. The molecule has 0 aromatic carbocycles. The topological polar surface area (TPSA) is 108 Å². The Bertz CT molecular complexity index is 439. The molecule has 4 atom stereocenters. The summed E-state index contributed by atoms with van der Waals surface area (Å²) in [7, 11) is 0. The molecule has 1 aromatic rings.